The van der Waals surface area contributed by atoms with Crippen molar-refractivity contribution in [2.75, 3.05) is 12.8 Å². The summed E-state index contributed by atoms with van der Waals surface area (Å²) in [6, 6.07) is 8.49. The Labute approximate surface area is 135 Å². The van der Waals surface area contributed by atoms with E-state index in [1.165, 1.54) is 31.0 Å². The summed E-state index contributed by atoms with van der Waals surface area (Å²) in [6.07, 6.45) is 5.58. The van der Waals surface area contributed by atoms with Crippen LogP contribution in [0.3, 0.4) is 0 Å². The molecule has 1 aliphatic carbocycles. The van der Waals surface area contributed by atoms with Crippen molar-refractivity contribution in [3.05, 3.63) is 30.3 Å². The first-order valence-corrected chi connectivity index (χ1v) is 10.2. The molecule has 1 fully saturated rings. The highest BCUT2D eigenvalue weighted by atomic mass is 32.2. The Kier molecular flexibility index (Phi) is 6.96. The first kappa shape index (κ1) is 17.5. The zero-order valence-corrected chi connectivity index (χ0v) is 14.2. The van der Waals surface area contributed by atoms with Gasteiger partial charge in [-0.05, 0) is 25.0 Å². The summed E-state index contributed by atoms with van der Waals surface area (Å²) < 4.78 is 17.0. The second kappa shape index (κ2) is 8.73. The minimum Gasteiger partial charge on any atom is -0.424 e. The maximum absolute atomic E-state index is 11.9. The van der Waals surface area contributed by atoms with E-state index in [-0.39, 0.29) is 17.9 Å². The number of para-hydroxylation sites is 1. The van der Waals surface area contributed by atoms with Crippen LogP contribution in [0.15, 0.2) is 30.3 Å². The second-order valence-corrected chi connectivity index (χ2v) is 8.51. The molecule has 0 aromatic heterocycles. The summed E-state index contributed by atoms with van der Waals surface area (Å²) in [5, 5.41) is 3.15. The zero-order valence-electron chi connectivity index (χ0n) is 12.4. The molecule has 1 atom stereocenters. The molecule has 1 saturated carbocycles. The molecule has 0 spiro atoms. The molecule has 22 heavy (non-hydrogen) atoms. The molecule has 0 amide bonds. The van der Waals surface area contributed by atoms with Crippen LogP contribution in [0.1, 0.15) is 32.1 Å². The quantitative estimate of drug-likeness (QED) is 0.739. The van der Waals surface area contributed by atoms with Gasteiger partial charge >= 0.3 is 7.60 Å². The highest BCUT2D eigenvalue weighted by molar-refractivity contribution is 8.14. The number of carbonyl (C=O) groups excluding carboxylic acids is 1. The van der Waals surface area contributed by atoms with E-state index >= 15 is 0 Å². The molecule has 1 unspecified atom stereocenters. The number of thioether (sulfide) groups is 1. The molecule has 5 nitrogen and oxygen atoms in total. The van der Waals surface area contributed by atoms with Gasteiger partial charge in [-0.15, -0.1) is 0 Å². The first-order valence-electron chi connectivity index (χ1n) is 7.52. The van der Waals surface area contributed by atoms with E-state index in [0.717, 1.165) is 12.8 Å². The van der Waals surface area contributed by atoms with Crippen molar-refractivity contribution < 1.29 is 18.8 Å². The van der Waals surface area contributed by atoms with Crippen molar-refractivity contribution in [1.29, 1.82) is 0 Å². The maximum atomic E-state index is 11.9. The topological polar surface area (TPSA) is 75.6 Å². The lowest BCUT2D eigenvalue weighted by atomic mass is 10.0. The van der Waals surface area contributed by atoms with E-state index in [4.69, 9.17) is 4.52 Å². The number of hydrogen-bond acceptors (Lipinski definition) is 5. The summed E-state index contributed by atoms with van der Waals surface area (Å²) in [4.78, 5) is 21.6. The minimum atomic E-state index is -3.79. The van der Waals surface area contributed by atoms with Gasteiger partial charge in [-0.2, -0.15) is 0 Å². The molecular weight excluding hydrogens is 321 g/mol. The van der Waals surface area contributed by atoms with Crippen LogP contribution in [-0.4, -0.2) is 28.1 Å². The molecule has 122 valence electrons. The largest absolute Gasteiger partial charge is 0.424 e. The van der Waals surface area contributed by atoms with Crippen molar-refractivity contribution in [3.63, 3.8) is 0 Å². The summed E-state index contributed by atoms with van der Waals surface area (Å²) in [7, 11) is -3.79. The van der Waals surface area contributed by atoms with Crippen LogP contribution < -0.4 is 9.84 Å². The molecule has 0 bridgehead atoms. The van der Waals surface area contributed by atoms with Crippen LogP contribution in [-0.2, 0) is 9.36 Å². The Morgan fingerprint density at radius 2 is 1.95 bits per heavy atom. The molecule has 0 aliphatic heterocycles. The molecule has 2 N–H and O–H groups in total. The number of benzene rings is 1. The second-order valence-electron chi connectivity index (χ2n) is 5.38. The van der Waals surface area contributed by atoms with E-state index in [1.807, 2.05) is 0 Å². The third-order valence-electron chi connectivity index (χ3n) is 3.42. The molecule has 0 heterocycles. The van der Waals surface area contributed by atoms with Crippen molar-refractivity contribution in [3.8, 4) is 5.75 Å². The Bertz CT molecular complexity index is 520. The van der Waals surface area contributed by atoms with Crippen LogP contribution >= 0.6 is 19.4 Å². The minimum absolute atomic E-state index is 0.0200. The lowest BCUT2D eigenvalue weighted by molar-refractivity contribution is -0.110. The fourth-order valence-corrected chi connectivity index (χ4v) is 4.42. The lowest BCUT2D eigenvalue weighted by Crippen LogP contribution is -2.25. The van der Waals surface area contributed by atoms with Gasteiger partial charge < -0.3 is 9.42 Å². The molecule has 2 rings (SSSR count). The number of carbonyl (C=O) groups is 1. The van der Waals surface area contributed by atoms with Crippen molar-refractivity contribution >= 4 is 24.5 Å². The van der Waals surface area contributed by atoms with E-state index in [1.54, 1.807) is 30.3 Å². The fraction of sp³-hybridized carbons (Fsp3) is 0.533. The van der Waals surface area contributed by atoms with E-state index < -0.39 is 7.60 Å². The van der Waals surface area contributed by atoms with Gasteiger partial charge in [-0.3, -0.25) is 10.1 Å². The van der Waals surface area contributed by atoms with Crippen molar-refractivity contribution in [1.82, 2.24) is 5.32 Å². The van der Waals surface area contributed by atoms with Gasteiger partial charge in [0.25, 0.3) is 0 Å². The van der Waals surface area contributed by atoms with Crippen LogP contribution in [0.2, 0.25) is 0 Å². The van der Waals surface area contributed by atoms with E-state index in [0.29, 0.717) is 11.0 Å². The van der Waals surface area contributed by atoms with Gasteiger partial charge in [-0.1, -0.05) is 49.2 Å². The lowest BCUT2D eigenvalue weighted by Gasteiger charge is -2.20. The van der Waals surface area contributed by atoms with Crippen LogP contribution in [0.25, 0.3) is 0 Å². The smallest absolute Gasteiger partial charge is 0.390 e. The monoisotopic (exact) mass is 343 g/mol. The third-order valence-corrected chi connectivity index (χ3v) is 5.75. The molecule has 0 radical (unpaired) electrons. The highest BCUT2D eigenvalue weighted by Gasteiger charge is 2.22. The van der Waals surface area contributed by atoms with Gasteiger partial charge in [0.05, 0.1) is 6.54 Å². The highest BCUT2D eigenvalue weighted by Crippen LogP contribution is 2.41. The predicted octanol–water partition coefficient (Wildman–Crippen LogP) is 3.39. The summed E-state index contributed by atoms with van der Waals surface area (Å²) in [5.41, 5.74) is 0. The Balaban J connectivity index is 1.68. The normalized spacial score (nSPS) is 18.6. The molecule has 1 aliphatic rings. The average molecular weight is 343 g/mol. The number of hydrogen-bond donors (Lipinski definition) is 2. The molecule has 0 saturated heterocycles. The molecule has 1 aromatic rings. The third kappa shape index (κ3) is 6.53. The predicted molar refractivity (Wildman–Crippen MR) is 89.2 cm³/mol. The Morgan fingerprint density at radius 3 is 2.64 bits per heavy atom. The Morgan fingerprint density at radius 1 is 1.27 bits per heavy atom. The Hall–Kier alpha value is -0.810. The van der Waals surface area contributed by atoms with Gasteiger partial charge in [-0.25, -0.2) is 4.57 Å². The molecule has 1 aromatic carbocycles. The van der Waals surface area contributed by atoms with Crippen molar-refractivity contribution in [2.24, 2.45) is 0 Å². The number of nitrogens with one attached hydrogen (secondary N) is 1. The zero-order chi connectivity index (χ0) is 15.8. The fourth-order valence-electron chi connectivity index (χ4n) is 2.39. The van der Waals surface area contributed by atoms with Gasteiger partial charge in [0, 0.05) is 5.25 Å². The van der Waals surface area contributed by atoms with Crippen LogP contribution in [0.5, 0.6) is 5.75 Å². The van der Waals surface area contributed by atoms with E-state index in [2.05, 4.69) is 5.32 Å². The van der Waals surface area contributed by atoms with Crippen LogP contribution in [0.4, 0.5) is 0 Å². The van der Waals surface area contributed by atoms with Crippen LogP contribution in [0, 0.1) is 0 Å². The van der Waals surface area contributed by atoms with Gasteiger partial charge in [0.1, 0.15) is 12.0 Å². The van der Waals surface area contributed by atoms with Crippen molar-refractivity contribution in [2.45, 2.75) is 37.4 Å². The maximum Gasteiger partial charge on any atom is 0.390 e. The van der Waals surface area contributed by atoms with Gasteiger partial charge in [0.15, 0.2) is 0 Å². The summed E-state index contributed by atoms with van der Waals surface area (Å²) in [6.45, 7) is 0.0872. The summed E-state index contributed by atoms with van der Waals surface area (Å²) >= 11 is 1.36. The molecular formula is C15H22NO4PS. The standard InChI is InChI=1S/C15H22NO4PS/c17-15(22-14-9-5-2-6-10-14)11-16-12-21(18,19)20-13-7-3-1-4-8-13/h1,3-4,7-8,14,16H,2,5-6,9-12H2,(H,18,19). The molecule has 7 heteroatoms. The van der Waals surface area contributed by atoms with Gasteiger partial charge in [0.2, 0.25) is 5.12 Å². The summed E-state index contributed by atoms with van der Waals surface area (Å²) in [5.74, 6) is 0.345. The van der Waals surface area contributed by atoms with E-state index in [9.17, 15) is 14.3 Å². The number of rotatable bonds is 7. The SMILES string of the molecule is O=C(CNCP(=O)(O)Oc1ccccc1)SC1CCCCC1. The first-order chi connectivity index (χ1) is 10.6. The average Bonchev–Trinajstić information content (AvgIpc) is 2.48.